The third-order valence-corrected chi connectivity index (χ3v) is 2.87. The molecule has 0 unspecified atom stereocenters. The molecule has 0 atom stereocenters. The van der Waals surface area contributed by atoms with Crippen molar-refractivity contribution in [1.82, 2.24) is 0 Å². The first-order chi connectivity index (χ1) is 6.81. The highest BCUT2D eigenvalue weighted by Gasteiger charge is 2.10. The van der Waals surface area contributed by atoms with Crippen LogP contribution in [0.3, 0.4) is 0 Å². The van der Waals surface area contributed by atoms with Gasteiger partial charge in [-0.15, -0.1) is 0 Å². The average Bonchev–Trinajstić information content (AvgIpc) is 2.40. The fourth-order valence-electron chi connectivity index (χ4n) is 1.94. The summed E-state index contributed by atoms with van der Waals surface area (Å²) >= 11 is 0. The van der Waals surface area contributed by atoms with Crippen molar-refractivity contribution in [3.63, 3.8) is 0 Å². The molecule has 0 aliphatic carbocycles. The molecule has 2 heteroatoms. The number of aryl methyl sites for hydroxylation is 1. The van der Waals surface area contributed by atoms with Crippen molar-refractivity contribution in [2.75, 3.05) is 30.4 Å². The molecular weight excluding hydrogens is 172 g/mol. The summed E-state index contributed by atoms with van der Waals surface area (Å²) in [6.07, 6.45) is 2.32. The number of anilines is 2. The van der Waals surface area contributed by atoms with Crippen molar-refractivity contribution in [1.29, 1.82) is 0 Å². The summed E-state index contributed by atoms with van der Waals surface area (Å²) < 4.78 is 0. The predicted octanol–water partition coefficient (Wildman–Crippen LogP) is 2.50. The fourth-order valence-corrected chi connectivity index (χ4v) is 1.94. The molecule has 76 valence electrons. The van der Waals surface area contributed by atoms with Gasteiger partial charge in [0.05, 0.1) is 11.4 Å². The molecule has 1 aliphatic rings. The summed E-state index contributed by atoms with van der Waals surface area (Å²) in [4.78, 5) is 2.33. The highest BCUT2D eigenvalue weighted by atomic mass is 15.1. The lowest BCUT2D eigenvalue weighted by Gasteiger charge is -2.19. The summed E-state index contributed by atoms with van der Waals surface area (Å²) in [6.45, 7) is 4.43. The fraction of sp³-hybridized carbons (Fsp3) is 0.500. The van der Waals surface area contributed by atoms with Crippen LogP contribution >= 0.6 is 0 Å². The molecule has 0 spiro atoms. The molecule has 1 aliphatic heterocycles. The molecular formula is C12H18N2. The van der Waals surface area contributed by atoms with Crippen LogP contribution < -0.4 is 10.2 Å². The van der Waals surface area contributed by atoms with Crippen LogP contribution in [0, 0.1) is 0 Å². The average molecular weight is 190 g/mol. The van der Waals surface area contributed by atoms with E-state index in [1.165, 1.54) is 23.4 Å². The van der Waals surface area contributed by atoms with E-state index in [0.717, 1.165) is 19.5 Å². The maximum atomic E-state index is 3.49. The van der Waals surface area contributed by atoms with E-state index in [0.29, 0.717) is 0 Å². The van der Waals surface area contributed by atoms with Crippen molar-refractivity contribution in [2.24, 2.45) is 0 Å². The molecule has 0 saturated heterocycles. The van der Waals surface area contributed by atoms with E-state index in [2.05, 4.69) is 42.4 Å². The van der Waals surface area contributed by atoms with E-state index in [9.17, 15) is 0 Å². The summed E-state index contributed by atoms with van der Waals surface area (Å²) in [6, 6.07) is 6.73. The smallest absolute Gasteiger partial charge is 0.0599 e. The molecule has 1 aromatic carbocycles. The van der Waals surface area contributed by atoms with Crippen LogP contribution in [0.25, 0.3) is 0 Å². The highest BCUT2D eigenvalue weighted by molar-refractivity contribution is 5.71. The highest BCUT2D eigenvalue weighted by Crippen LogP contribution is 2.28. The summed E-state index contributed by atoms with van der Waals surface area (Å²) in [5, 5.41) is 3.49. The lowest BCUT2D eigenvalue weighted by atomic mass is 10.1. The zero-order chi connectivity index (χ0) is 9.97. The lowest BCUT2D eigenvalue weighted by Crippen LogP contribution is -2.17. The van der Waals surface area contributed by atoms with E-state index in [-0.39, 0.29) is 0 Å². The van der Waals surface area contributed by atoms with Gasteiger partial charge in [0, 0.05) is 20.1 Å². The Labute approximate surface area is 85.9 Å². The molecule has 0 fully saturated rings. The first-order valence-corrected chi connectivity index (χ1v) is 5.39. The standard InChI is InChI=1S/C12H18N2/c1-3-10-5-6-12-11(9-10)13-7-4-8-14(12)2/h5-6,9,13H,3-4,7-8H2,1-2H3. The van der Waals surface area contributed by atoms with E-state index in [1.54, 1.807) is 0 Å². The number of hydrogen-bond donors (Lipinski definition) is 1. The predicted molar refractivity (Wildman–Crippen MR) is 62.2 cm³/mol. The summed E-state index contributed by atoms with van der Waals surface area (Å²) in [5.74, 6) is 0. The number of nitrogens with zero attached hydrogens (tertiary/aromatic N) is 1. The lowest BCUT2D eigenvalue weighted by molar-refractivity contribution is 0.837. The molecule has 0 saturated carbocycles. The Morgan fingerprint density at radius 2 is 2.29 bits per heavy atom. The second kappa shape index (κ2) is 3.91. The number of nitrogens with one attached hydrogen (secondary N) is 1. The first kappa shape index (κ1) is 9.38. The summed E-state index contributed by atoms with van der Waals surface area (Å²) in [5.41, 5.74) is 4.04. The van der Waals surface area contributed by atoms with Crippen molar-refractivity contribution >= 4 is 11.4 Å². The van der Waals surface area contributed by atoms with E-state index >= 15 is 0 Å². The topological polar surface area (TPSA) is 15.3 Å². The van der Waals surface area contributed by atoms with Crippen LogP contribution in [0.5, 0.6) is 0 Å². The van der Waals surface area contributed by atoms with Gasteiger partial charge in [0.2, 0.25) is 0 Å². The van der Waals surface area contributed by atoms with Gasteiger partial charge in [0.15, 0.2) is 0 Å². The normalized spacial score (nSPS) is 15.7. The molecule has 1 heterocycles. The minimum Gasteiger partial charge on any atom is -0.383 e. The third kappa shape index (κ3) is 1.69. The van der Waals surface area contributed by atoms with E-state index < -0.39 is 0 Å². The molecule has 0 radical (unpaired) electrons. The Morgan fingerprint density at radius 3 is 3.07 bits per heavy atom. The van der Waals surface area contributed by atoms with Crippen LogP contribution in [0.2, 0.25) is 0 Å². The van der Waals surface area contributed by atoms with Gasteiger partial charge in [-0.05, 0) is 30.5 Å². The number of benzene rings is 1. The molecule has 0 bridgehead atoms. The van der Waals surface area contributed by atoms with Gasteiger partial charge < -0.3 is 10.2 Å². The molecule has 2 nitrogen and oxygen atoms in total. The van der Waals surface area contributed by atoms with Gasteiger partial charge in [-0.25, -0.2) is 0 Å². The molecule has 14 heavy (non-hydrogen) atoms. The zero-order valence-corrected chi connectivity index (χ0v) is 9.01. The van der Waals surface area contributed by atoms with Crippen molar-refractivity contribution in [3.8, 4) is 0 Å². The van der Waals surface area contributed by atoms with Crippen molar-refractivity contribution in [3.05, 3.63) is 23.8 Å². The molecule has 0 amide bonds. The van der Waals surface area contributed by atoms with Crippen molar-refractivity contribution in [2.45, 2.75) is 19.8 Å². The third-order valence-electron chi connectivity index (χ3n) is 2.87. The minimum absolute atomic E-state index is 1.09. The van der Waals surface area contributed by atoms with Gasteiger partial charge in [0.1, 0.15) is 0 Å². The largest absolute Gasteiger partial charge is 0.383 e. The Kier molecular flexibility index (Phi) is 2.62. The summed E-state index contributed by atoms with van der Waals surface area (Å²) in [7, 11) is 2.16. The Hall–Kier alpha value is -1.18. The van der Waals surface area contributed by atoms with Gasteiger partial charge >= 0.3 is 0 Å². The maximum Gasteiger partial charge on any atom is 0.0599 e. The molecule has 0 aromatic heterocycles. The Balaban J connectivity index is 2.38. The van der Waals surface area contributed by atoms with Crippen LogP contribution in [0.4, 0.5) is 11.4 Å². The zero-order valence-electron chi connectivity index (χ0n) is 9.01. The van der Waals surface area contributed by atoms with Gasteiger partial charge in [-0.3, -0.25) is 0 Å². The number of rotatable bonds is 1. The second-order valence-corrected chi connectivity index (χ2v) is 3.91. The number of hydrogen-bond acceptors (Lipinski definition) is 2. The Morgan fingerprint density at radius 1 is 1.43 bits per heavy atom. The second-order valence-electron chi connectivity index (χ2n) is 3.91. The van der Waals surface area contributed by atoms with Crippen molar-refractivity contribution < 1.29 is 0 Å². The van der Waals surface area contributed by atoms with Crippen LogP contribution in [-0.2, 0) is 6.42 Å². The molecule has 1 aromatic rings. The Bertz CT molecular complexity index is 320. The molecule has 2 rings (SSSR count). The monoisotopic (exact) mass is 190 g/mol. The quantitative estimate of drug-likeness (QED) is 0.732. The van der Waals surface area contributed by atoms with Gasteiger partial charge in [0.25, 0.3) is 0 Å². The van der Waals surface area contributed by atoms with Gasteiger partial charge in [-0.1, -0.05) is 13.0 Å². The van der Waals surface area contributed by atoms with Crippen LogP contribution in [0.1, 0.15) is 18.9 Å². The minimum atomic E-state index is 1.09. The first-order valence-electron chi connectivity index (χ1n) is 5.39. The number of fused-ring (bicyclic) bond motifs is 1. The van der Waals surface area contributed by atoms with Crippen LogP contribution in [0.15, 0.2) is 18.2 Å². The van der Waals surface area contributed by atoms with Crippen LogP contribution in [-0.4, -0.2) is 20.1 Å². The van der Waals surface area contributed by atoms with Gasteiger partial charge in [-0.2, -0.15) is 0 Å². The molecule has 1 N–H and O–H groups in total. The van der Waals surface area contributed by atoms with E-state index in [4.69, 9.17) is 0 Å². The van der Waals surface area contributed by atoms with E-state index in [1.807, 2.05) is 0 Å². The SMILES string of the molecule is CCc1ccc2c(c1)NCCCN2C. The maximum absolute atomic E-state index is 3.49.